The Kier molecular flexibility index (Phi) is 12.1. The van der Waals surface area contributed by atoms with Crippen molar-refractivity contribution in [2.24, 2.45) is 17.3 Å². The van der Waals surface area contributed by atoms with Crippen LogP contribution >= 0.6 is 0 Å². The minimum Gasteiger partial charge on any atom is -0.402 e. The summed E-state index contributed by atoms with van der Waals surface area (Å²) in [5.74, 6) is 5.12. The molecule has 2 aromatic rings. The van der Waals surface area contributed by atoms with Crippen molar-refractivity contribution in [2.45, 2.75) is 58.7 Å². The van der Waals surface area contributed by atoms with E-state index in [-0.39, 0.29) is 17.9 Å². The highest BCUT2D eigenvalue weighted by Gasteiger charge is 2.32. The van der Waals surface area contributed by atoms with Gasteiger partial charge in [0.15, 0.2) is 0 Å². The molecule has 0 saturated heterocycles. The van der Waals surface area contributed by atoms with E-state index in [1.807, 2.05) is 20.0 Å². The van der Waals surface area contributed by atoms with Crippen LogP contribution in [0.4, 0.5) is 17.6 Å². The third kappa shape index (κ3) is 9.94. The highest BCUT2D eigenvalue weighted by molar-refractivity contribution is 5.33. The van der Waals surface area contributed by atoms with Crippen molar-refractivity contribution in [1.29, 1.82) is 0 Å². The van der Waals surface area contributed by atoms with Crippen LogP contribution in [0.25, 0.3) is 0 Å². The van der Waals surface area contributed by atoms with Crippen LogP contribution in [0.1, 0.15) is 54.9 Å². The molecule has 0 spiro atoms. The molecule has 0 bridgehead atoms. The number of allylic oxidation sites excluding steroid dienone is 2. The molecule has 3 rings (SSSR count). The standard InChI is InChI=1S/C13H16FN.C8H8F3N.C4H12N2/c1-9-10(4-2-6-12(9)14)8-11-5-3-7-13(11)15;9-8(10,11)7-4-2-1-3-6(7)5-12;1-3-4-6(2)5/h2,4,6H,3,5,7-8,15H2,1H3;1-4H,5,12H2;3-5H2,1-2H3. The monoisotopic (exact) mass is 468 g/mol. The van der Waals surface area contributed by atoms with Crippen LogP contribution in [0.5, 0.6) is 0 Å². The minimum atomic E-state index is -4.30. The van der Waals surface area contributed by atoms with Crippen LogP contribution < -0.4 is 17.3 Å². The fourth-order valence-corrected chi connectivity index (χ4v) is 3.43. The summed E-state index contributed by atoms with van der Waals surface area (Å²) in [5.41, 5.74) is 14.7. The molecule has 0 aliphatic heterocycles. The van der Waals surface area contributed by atoms with Gasteiger partial charge in [0.05, 0.1) is 5.56 Å². The van der Waals surface area contributed by atoms with E-state index in [1.165, 1.54) is 29.8 Å². The van der Waals surface area contributed by atoms with Crippen molar-refractivity contribution in [3.63, 3.8) is 0 Å². The summed E-state index contributed by atoms with van der Waals surface area (Å²) in [7, 11) is 1.86. The van der Waals surface area contributed by atoms with Crippen molar-refractivity contribution in [3.05, 3.63) is 81.8 Å². The molecule has 0 atom stereocenters. The van der Waals surface area contributed by atoms with Crippen LogP contribution in [-0.2, 0) is 19.1 Å². The molecule has 1 aliphatic rings. The summed E-state index contributed by atoms with van der Waals surface area (Å²) in [5, 5.41) is 1.68. The van der Waals surface area contributed by atoms with Gasteiger partial charge in [-0.3, -0.25) is 10.9 Å². The van der Waals surface area contributed by atoms with Gasteiger partial charge in [-0.05, 0) is 73.4 Å². The summed E-state index contributed by atoms with van der Waals surface area (Å²) in [6, 6.07) is 10.6. The Morgan fingerprint density at radius 1 is 1.00 bits per heavy atom. The van der Waals surface area contributed by atoms with Gasteiger partial charge in [0.2, 0.25) is 0 Å². The summed E-state index contributed by atoms with van der Waals surface area (Å²) in [4.78, 5) is 0. The Bertz CT molecular complexity index is 892. The average molecular weight is 469 g/mol. The largest absolute Gasteiger partial charge is 0.416 e. The van der Waals surface area contributed by atoms with E-state index in [9.17, 15) is 17.6 Å². The molecule has 6 N–H and O–H groups in total. The molecule has 184 valence electrons. The first-order valence-corrected chi connectivity index (χ1v) is 11.0. The number of nitrogens with zero attached hydrogens (tertiary/aromatic N) is 1. The van der Waals surface area contributed by atoms with Gasteiger partial charge in [0.25, 0.3) is 0 Å². The van der Waals surface area contributed by atoms with E-state index >= 15 is 0 Å². The number of halogens is 4. The highest BCUT2D eigenvalue weighted by Crippen LogP contribution is 2.31. The topological polar surface area (TPSA) is 81.3 Å². The first kappa shape index (κ1) is 28.6. The van der Waals surface area contributed by atoms with E-state index < -0.39 is 11.7 Å². The molecule has 0 fully saturated rings. The zero-order valence-corrected chi connectivity index (χ0v) is 19.7. The first-order valence-electron chi connectivity index (χ1n) is 11.0. The first-order chi connectivity index (χ1) is 15.5. The molecule has 1 aliphatic carbocycles. The van der Waals surface area contributed by atoms with Crippen LogP contribution in [0.15, 0.2) is 53.7 Å². The smallest absolute Gasteiger partial charge is 0.402 e. The van der Waals surface area contributed by atoms with Crippen LogP contribution in [0.2, 0.25) is 0 Å². The van der Waals surface area contributed by atoms with Gasteiger partial charge in [0.1, 0.15) is 5.82 Å². The van der Waals surface area contributed by atoms with Crippen molar-refractivity contribution >= 4 is 0 Å². The maximum Gasteiger partial charge on any atom is 0.416 e. The SMILES string of the molecule is CCCN(C)N.Cc1c(F)cccc1CC1=C(N)CCC1.NCc1ccccc1C(F)(F)F. The Morgan fingerprint density at radius 2 is 1.64 bits per heavy atom. The zero-order chi connectivity index (χ0) is 25.0. The lowest BCUT2D eigenvalue weighted by atomic mass is 9.99. The second-order valence-electron chi connectivity index (χ2n) is 8.02. The Labute approximate surface area is 194 Å². The maximum atomic E-state index is 13.3. The van der Waals surface area contributed by atoms with Crippen LogP contribution in [0.3, 0.4) is 0 Å². The second kappa shape index (κ2) is 14.0. The molecule has 8 heteroatoms. The Hall–Kier alpha value is -2.42. The quantitative estimate of drug-likeness (QED) is 0.310. The predicted octanol–water partition coefficient (Wildman–Crippen LogP) is 5.44. The lowest BCUT2D eigenvalue weighted by Gasteiger charge is -2.10. The molecule has 0 heterocycles. The van der Waals surface area contributed by atoms with Crippen molar-refractivity contribution in [3.8, 4) is 0 Å². The van der Waals surface area contributed by atoms with Gasteiger partial charge < -0.3 is 11.5 Å². The average Bonchev–Trinajstić information content (AvgIpc) is 3.16. The number of benzene rings is 2. The van der Waals surface area contributed by atoms with Crippen LogP contribution in [0, 0.1) is 12.7 Å². The molecule has 0 aromatic heterocycles. The number of hydrogen-bond acceptors (Lipinski definition) is 4. The molecular weight excluding hydrogens is 432 g/mol. The lowest BCUT2D eigenvalue weighted by molar-refractivity contribution is -0.138. The van der Waals surface area contributed by atoms with Gasteiger partial charge in [-0.15, -0.1) is 0 Å². The van der Waals surface area contributed by atoms with Crippen molar-refractivity contribution < 1.29 is 17.6 Å². The highest BCUT2D eigenvalue weighted by atomic mass is 19.4. The fraction of sp³-hybridized carbons (Fsp3) is 0.440. The number of hydrogen-bond donors (Lipinski definition) is 3. The number of nitrogens with two attached hydrogens (primary N) is 3. The summed E-state index contributed by atoms with van der Waals surface area (Å²) in [6.45, 7) is 4.83. The van der Waals surface area contributed by atoms with Gasteiger partial charge >= 0.3 is 6.18 Å². The summed E-state index contributed by atoms with van der Waals surface area (Å²) >= 11 is 0. The molecule has 33 heavy (non-hydrogen) atoms. The van der Waals surface area contributed by atoms with Gasteiger partial charge in [0, 0.05) is 25.8 Å². The molecular formula is C25H36F4N4. The number of alkyl halides is 3. The van der Waals surface area contributed by atoms with Crippen molar-refractivity contribution in [1.82, 2.24) is 5.01 Å². The Morgan fingerprint density at radius 3 is 2.09 bits per heavy atom. The van der Waals surface area contributed by atoms with E-state index in [4.69, 9.17) is 17.3 Å². The van der Waals surface area contributed by atoms with E-state index in [2.05, 4.69) is 6.92 Å². The molecule has 2 aromatic carbocycles. The van der Waals surface area contributed by atoms with Crippen LogP contribution in [-0.4, -0.2) is 18.6 Å². The molecule has 0 amide bonds. The maximum absolute atomic E-state index is 13.3. The van der Waals surface area contributed by atoms with E-state index in [0.29, 0.717) is 0 Å². The third-order valence-corrected chi connectivity index (χ3v) is 5.28. The normalized spacial score (nSPS) is 13.4. The number of hydrazine groups is 1. The molecule has 0 radical (unpaired) electrons. The van der Waals surface area contributed by atoms with Crippen molar-refractivity contribution in [2.75, 3.05) is 13.6 Å². The molecule has 0 unspecified atom stereocenters. The van der Waals surface area contributed by atoms with Gasteiger partial charge in [-0.2, -0.15) is 13.2 Å². The van der Waals surface area contributed by atoms with E-state index in [1.54, 1.807) is 11.1 Å². The number of rotatable bonds is 5. The zero-order valence-electron chi connectivity index (χ0n) is 19.7. The molecule has 0 saturated carbocycles. The summed E-state index contributed by atoms with van der Waals surface area (Å²) in [6.07, 6.45) is 0.874. The van der Waals surface area contributed by atoms with E-state index in [0.717, 1.165) is 61.5 Å². The predicted molar refractivity (Wildman–Crippen MR) is 126 cm³/mol. The third-order valence-electron chi connectivity index (χ3n) is 5.28. The molecule has 4 nitrogen and oxygen atoms in total. The summed E-state index contributed by atoms with van der Waals surface area (Å²) < 4.78 is 49.8. The van der Waals surface area contributed by atoms with Gasteiger partial charge in [-0.1, -0.05) is 37.3 Å². The minimum absolute atomic E-state index is 0.0876. The van der Waals surface area contributed by atoms with Gasteiger partial charge in [-0.25, -0.2) is 4.39 Å². The lowest BCUT2D eigenvalue weighted by Crippen LogP contribution is -2.26. The Balaban J connectivity index is 0.000000272. The second-order valence-corrected chi connectivity index (χ2v) is 8.02. The fourth-order valence-electron chi connectivity index (χ4n) is 3.43.